The van der Waals surface area contributed by atoms with Gasteiger partial charge in [0.2, 0.25) is 5.91 Å². The molecule has 3 amide bonds. The predicted molar refractivity (Wildman–Crippen MR) is 92.7 cm³/mol. The number of likely N-dealkylation sites (tertiary alicyclic amines) is 1. The lowest BCUT2D eigenvalue weighted by molar-refractivity contribution is -0.143. The molecule has 0 saturated carbocycles. The van der Waals surface area contributed by atoms with Crippen LogP contribution in [0.25, 0.3) is 0 Å². The van der Waals surface area contributed by atoms with Crippen LogP contribution >= 0.6 is 11.6 Å². The van der Waals surface area contributed by atoms with Crippen molar-refractivity contribution in [3.05, 3.63) is 29.3 Å². The number of anilines is 1. The Balaban J connectivity index is 1.61. The van der Waals surface area contributed by atoms with E-state index in [9.17, 15) is 14.4 Å². The number of carboxylic acids is 1. The minimum Gasteiger partial charge on any atom is -0.481 e. The lowest BCUT2D eigenvalue weighted by Crippen LogP contribution is -2.51. The Hall–Kier alpha value is -2.28. The van der Waals surface area contributed by atoms with Gasteiger partial charge in [0.25, 0.3) is 0 Å². The number of carbonyl (C=O) groups is 3. The van der Waals surface area contributed by atoms with Crippen LogP contribution in [-0.4, -0.2) is 53.6 Å². The van der Waals surface area contributed by atoms with Crippen LogP contribution in [0.15, 0.2) is 24.3 Å². The van der Waals surface area contributed by atoms with Gasteiger partial charge in [0.1, 0.15) is 6.04 Å². The standard InChI is InChI=1S/C17H20ClN3O4/c18-12-4-1-5-13(9-12)21-8-6-14(15(21)22)19-17(25)20-7-2-3-11(10-20)16(23)24/h1,4-5,9,11,14H,2-3,6-8,10H2,(H,19,25)(H,23,24). The van der Waals surface area contributed by atoms with Crippen molar-refractivity contribution in [3.63, 3.8) is 0 Å². The van der Waals surface area contributed by atoms with Gasteiger partial charge >= 0.3 is 12.0 Å². The van der Waals surface area contributed by atoms with Crippen LogP contribution in [0.2, 0.25) is 5.02 Å². The van der Waals surface area contributed by atoms with Gasteiger partial charge in [-0.25, -0.2) is 4.79 Å². The van der Waals surface area contributed by atoms with Gasteiger partial charge in [0.15, 0.2) is 0 Å². The molecule has 25 heavy (non-hydrogen) atoms. The van der Waals surface area contributed by atoms with Crippen LogP contribution in [0.5, 0.6) is 0 Å². The maximum absolute atomic E-state index is 12.6. The molecule has 2 aliphatic rings. The minimum atomic E-state index is -0.887. The summed E-state index contributed by atoms with van der Waals surface area (Å²) in [6, 6.07) is 6.05. The van der Waals surface area contributed by atoms with Crippen LogP contribution in [0.1, 0.15) is 19.3 Å². The van der Waals surface area contributed by atoms with Gasteiger partial charge in [-0.3, -0.25) is 9.59 Å². The maximum Gasteiger partial charge on any atom is 0.318 e. The van der Waals surface area contributed by atoms with Crippen molar-refractivity contribution in [2.75, 3.05) is 24.5 Å². The van der Waals surface area contributed by atoms with E-state index in [4.69, 9.17) is 16.7 Å². The largest absolute Gasteiger partial charge is 0.481 e. The molecule has 8 heteroatoms. The van der Waals surface area contributed by atoms with Crippen LogP contribution in [0.3, 0.4) is 0 Å². The van der Waals surface area contributed by atoms with Gasteiger partial charge < -0.3 is 20.2 Å². The molecule has 1 aromatic rings. The van der Waals surface area contributed by atoms with Crippen molar-refractivity contribution in [2.24, 2.45) is 5.92 Å². The van der Waals surface area contributed by atoms with Gasteiger partial charge in [-0.05, 0) is 37.5 Å². The number of hydrogen-bond donors (Lipinski definition) is 2. The highest BCUT2D eigenvalue weighted by atomic mass is 35.5. The van der Waals surface area contributed by atoms with Crippen LogP contribution < -0.4 is 10.2 Å². The third-order valence-corrected chi connectivity index (χ3v) is 4.92. The predicted octanol–water partition coefficient (Wildman–Crippen LogP) is 1.95. The highest BCUT2D eigenvalue weighted by Gasteiger charge is 2.36. The Bertz CT molecular complexity index is 696. The van der Waals surface area contributed by atoms with E-state index in [1.54, 1.807) is 29.2 Å². The van der Waals surface area contributed by atoms with E-state index >= 15 is 0 Å². The highest BCUT2D eigenvalue weighted by molar-refractivity contribution is 6.31. The molecule has 3 rings (SSSR count). The average molecular weight is 366 g/mol. The molecule has 7 nitrogen and oxygen atoms in total. The molecule has 1 aromatic carbocycles. The van der Waals surface area contributed by atoms with Crippen LogP contribution in [-0.2, 0) is 9.59 Å². The number of nitrogens with zero attached hydrogens (tertiary/aromatic N) is 2. The Morgan fingerprint density at radius 3 is 2.76 bits per heavy atom. The highest BCUT2D eigenvalue weighted by Crippen LogP contribution is 2.25. The molecule has 0 spiro atoms. The first kappa shape index (κ1) is 17.5. The van der Waals surface area contributed by atoms with Gasteiger partial charge in [-0.15, -0.1) is 0 Å². The molecule has 2 unspecified atom stereocenters. The fraction of sp³-hybridized carbons (Fsp3) is 0.471. The zero-order valence-electron chi connectivity index (χ0n) is 13.7. The van der Waals surface area contributed by atoms with Crippen molar-refractivity contribution in [1.29, 1.82) is 0 Å². The van der Waals surface area contributed by atoms with Crippen molar-refractivity contribution < 1.29 is 19.5 Å². The third-order valence-electron chi connectivity index (χ3n) is 4.68. The zero-order chi connectivity index (χ0) is 18.0. The molecular formula is C17H20ClN3O4. The number of rotatable bonds is 3. The van der Waals surface area contributed by atoms with E-state index in [1.165, 1.54) is 4.90 Å². The van der Waals surface area contributed by atoms with Crippen LogP contribution in [0.4, 0.5) is 10.5 Å². The second-order valence-electron chi connectivity index (χ2n) is 6.38. The molecule has 2 N–H and O–H groups in total. The number of piperidine rings is 1. The normalized spacial score (nSPS) is 23.6. The summed E-state index contributed by atoms with van der Waals surface area (Å²) in [7, 11) is 0. The summed E-state index contributed by atoms with van der Waals surface area (Å²) >= 11 is 5.97. The SMILES string of the molecule is O=C(O)C1CCCN(C(=O)NC2CCN(c3cccc(Cl)c3)C2=O)C1. The molecule has 2 fully saturated rings. The van der Waals surface area contributed by atoms with E-state index < -0.39 is 17.9 Å². The third kappa shape index (κ3) is 3.87. The summed E-state index contributed by atoms with van der Waals surface area (Å²) in [6.45, 7) is 1.19. The summed E-state index contributed by atoms with van der Waals surface area (Å²) < 4.78 is 0. The molecular weight excluding hydrogens is 346 g/mol. The number of carbonyl (C=O) groups excluding carboxylic acids is 2. The van der Waals surface area contributed by atoms with Crippen molar-refractivity contribution in [3.8, 4) is 0 Å². The van der Waals surface area contributed by atoms with Gasteiger partial charge in [-0.2, -0.15) is 0 Å². The summed E-state index contributed by atoms with van der Waals surface area (Å²) in [5.41, 5.74) is 0.707. The molecule has 2 atom stereocenters. The fourth-order valence-corrected chi connectivity index (χ4v) is 3.50. The lowest BCUT2D eigenvalue weighted by Gasteiger charge is -2.31. The summed E-state index contributed by atoms with van der Waals surface area (Å²) in [5.74, 6) is -1.61. The lowest BCUT2D eigenvalue weighted by atomic mass is 9.99. The van der Waals surface area contributed by atoms with Gasteiger partial charge in [-0.1, -0.05) is 17.7 Å². The second kappa shape index (κ2) is 7.31. The molecule has 0 aromatic heterocycles. The molecule has 2 aliphatic heterocycles. The number of urea groups is 1. The quantitative estimate of drug-likeness (QED) is 0.856. The fourth-order valence-electron chi connectivity index (χ4n) is 3.32. The molecule has 2 heterocycles. The number of carboxylic acid groups (broad SMARTS) is 1. The number of nitrogens with one attached hydrogen (secondary N) is 1. The first-order chi connectivity index (χ1) is 12.0. The topological polar surface area (TPSA) is 89.9 Å². The molecule has 0 radical (unpaired) electrons. The first-order valence-electron chi connectivity index (χ1n) is 8.31. The Morgan fingerprint density at radius 2 is 2.04 bits per heavy atom. The maximum atomic E-state index is 12.6. The van der Waals surface area contributed by atoms with Gasteiger partial charge in [0.05, 0.1) is 5.92 Å². The Morgan fingerprint density at radius 1 is 1.24 bits per heavy atom. The van der Waals surface area contributed by atoms with E-state index in [0.717, 1.165) is 0 Å². The van der Waals surface area contributed by atoms with E-state index in [1.807, 2.05) is 0 Å². The summed E-state index contributed by atoms with van der Waals surface area (Å²) in [5, 5.41) is 12.4. The minimum absolute atomic E-state index is 0.178. The molecule has 134 valence electrons. The number of hydrogen-bond acceptors (Lipinski definition) is 3. The number of benzene rings is 1. The summed E-state index contributed by atoms with van der Waals surface area (Å²) in [4.78, 5) is 39.2. The Kier molecular flexibility index (Phi) is 5.13. The smallest absolute Gasteiger partial charge is 0.318 e. The van der Waals surface area contributed by atoms with Gasteiger partial charge in [0, 0.05) is 30.3 Å². The Labute approximate surface area is 150 Å². The van der Waals surface area contributed by atoms with Crippen LogP contribution in [0, 0.1) is 5.92 Å². The number of amides is 3. The monoisotopic (exact) mass is 365 g/mol. The number of aliphatic carboxylic acids is 1. The second-order valence-corrected chi connectivity index (χ2v) is 6.82. The van der Waals surface area contributed by atoms with E-state index in [2.05, 4.69) is 5.32 Å². The average Bonchev–Trinajstić information content (AvgIpc) is 2.95. The molecule has 0 bridgehead atoms. The van der Waals surface area contributed by atoms with Crippen molar-refractivity contribution in [1.82, 2.24) is 10.2 Å². The van der Waals surface area contributed by atoms with Crippen molar-refractivity contribution in [2.45, 2.75) is 25.3 Å². The number of halogens is 1. The van der Waals surface area contributed by atoms with Crippen molar-refractivity contribution >= 4 is 35.2 Å². The molecule has 0 aliphatic carbocycles. The van der Waals surface area contributed by atoms with E-state index in [-0.39, 0.29) is 18.5 Å². The van der Waals surface area contributed by atoms with E-state index in [0.29, 0.717) is 43.1 Å². The summed E-state index contributed by atoms with van der Waals surface area (Å²) in [6.07, 6.45) is 1.73. The first-order valence-corrected chi connectivity index (χ1v) is 8.68. The zero-order valence-corrected chi connectivity index (χ0v) is 14.4. The molecule has 2 saturated heterocycles.